The summed E-state index contributed by atoms with van der Waals surface area (Å²) in [5, 5.41) is 8.42. The first-order valence-electron chi connectivity index (χ1n) is 10.4. The monoisotopic (exact) mass is 441 g/mol. The second-order valence-corrected chi connectivity index (χ2v) is 9.06. The highest BCUT2D eigenvalue weighted by atomic mass is 35.5. The van der Waals surface area contributed by atoms with Gasteiger partial charge >= 0.3 is 5.69 Å². The number of benzene rings is 1. The molecule has 5 rings (SSSR count). The summed E-state index contributed by atoms with van der Waals surface area (Å²) in [6.45, 7) is 5.93. The second kappa shape index (κ2) is 8.41. The number of unbranched alkanes of at least 4 members (excludes halogenated alkanes) is 1. The van der Waals surface area contributed by atoms with Crippen LogP contribution in [0.1, 0.15) is 12.8 Å². The summed E-state index contributed by atoms with van der Waals surface area (Å²) >= 11 is 7.95. The van der Waals surface area contributed by atoms with Gasteiger partial charge in [0.25, 0.3) is 0 Å². The Morgan fingerprint density at radius 3 is 2.67 bits per heavy atom. The predicted molar refractivity (Wildman–Crippen MR) is 124 cm³/mol. The molecule has 1 fully saturated rings. The number of nitrogens with zero attached hydrogens (tertiary/aromatic N) is 5. The van der Waals surface area contributed by atoms with E-state index in [4.69, 9.17) is 11.6 Å². The van der Waals surface area contributed by atoms with Crippen LogP contribution in [0.25, 0.3) is 15.7 Å². The molecule has 6 nitrogen and oxygen atoms in total. The number of halogens is 1. The molecule has 0 saturated carbocycles. The standard InChI is InChI=1S/C22H24ClN5OS/c23-18-5-4-10-27-21(18)24-28(22(27)29)11-2-1-9-25-12-14-26(15-13-25)19-6-3-7-20-17(19)8-16-30-20/h3-8,10,16H,1-2,9,11-15H2. The molecule has 0 radical (unpaired) electrons. The van der Waals surface area contributed by atoms with Crippen LogP contribution in [-0.2, 0) is 6.54 Å². The van der Waals surface area contributed by atoms with Gasteiger partial charge < -0.3 is 4.90 Å². The maximum absolute atomic E-state index is 12.4. The molecule has 4 heterocycles. The smallest absolute Gasteiger partial charge is 0.350 e. The topological polar surface area (TPSA) is 45.8 Å². The van der Waals surface area contributed by atoms with E-state index in [1.54, 1.807) is 29.7 Å². The highest BCUT2D eigenvalue weighted by Gasteiger charge is 2.18. The Hall–Kier alpha value is -2.35. The molecule has 1 aliphatic rings. The maximum Gasteiger partial charge on any atom is 0.350 e. The van der Waals surface area contributed by atoms with Gasteiger partial charge in [-0.25, -0.2) is 13.9 Å². The minimum atomic E-state index is -0.122. The maximum atomic E-state index is 12.4. The summed E-state index contributed by atoms with van der Waals surface area (Å²) in [6.07, 6.45) is 3.69. The van der Waals surface area contributed by atoms with E-state index < -0.39 is 0 Å². The molecule has 4 aromatic rings. The Morgan fingerprint density at radius 1 is 1.00 bits per heavy atom. The molecule has 0 aliphatic carbocycles. The van der Waals surface area contributed by atoms with Crippen molar-refractivity contribution in [3.8, 4) is 0 Å². The van der Waals surface area contributed by atoms with Crippen LogP contribution in [-0.4, -0.2) is 51.8 Å². The SMILES string of the molecule is O=c1n(CCCCN2CCN(c3cccc4sccc34)CC2)nc2c(Cl)cccn12. The van der Waals surface area contributed by atoms with E-state index >= 15 is 0 Å². The number of thiophene rings is 1. The summed E-state index contributed by atoms with van der Waals surface area (Å²) in [5.41, 5.74) is 1.77. The van der Waals surface area contributed by atoms with Crippen molar-refractivity contribution in [1.82, 2.24) is 19.1 Å². The number of hydrogen-bond acceptors (Lipinski definition) is 5. The van der Waals surface area contributed by atoms with Gasteiger partial charge in [-0.1, -0.05) is 17.7 Å². The quantitative estimate of drug-likeness (QED) is 0.425. The number of piperazine rings is 1. The van der Waals surface area contributed by atoms with Crippen molar-refractivity contribution < 1.29 is 0 Å². The Kier molecular flexibility index (Phi) is 5.50. The van der Waals surface area contributed by atoms with Gasteiger partial charge in [0.2, 0.25) is 0 Å². The molecule has 0 amide bonds. The van der Waals surface area contributed by atoms with E-state index in [-0.39, 0.29) is 5.69 Å². The molecule has 3 aromatic heterocycles. The number of aromatic nitrogens is 3. The van der Waals surface area contributed by atoms with Crippen molar-refractivity contribution in [1.29, 1.82) is 0 Å². The fourth-order valence-electron chi connectivity index (χ4n) is 4.21. The van der Waals surface area contributed by atoms with E-state index in [0.29, 0.717) is 17.2 Å². The second-order valence-electron chi connectivity index (χ2n) is 7.70. The van der Waals surface area contributed by atoms with Gasteiger partial charge in [0.1, 0.15) is 0 Å². The Morgan fingerprint density at radius 2 is 1.83 bits per heavy atom. The van der Waals surface area contributed by atoms with Gasteiger partial charge in [-0.05, 0) is 55.1 Å². The molecule has 0 bridgehead atoms. The minimum absolute atomic E-state index is 0.122. The Balaban J connectivity index is 1.12. The van der Waals surface area contributed by atoms with Crippen molar-refractivity contribution in [2.75, 3.05) is 37.6 Å². The van der Waals surface area contributed by atoms with E-state index in [0.717, 1.165) is 45.6 Å². The molecule has 30 heavy (non-hydrogen) atoms. The van der Waals surface area contributed by atoms with Crippen LogP contribution < -0.4 is 10.6 Å². The van der Waals surface area contributed by atoms with Gasteiger partial charge in [-0.3, -0.25) is 4.90 Å². The molecular formula is C22H24ClN5OS. The van der Waals surface area contributed by atoms with Crippen LogP contribution in [0.3, 0.4) is 0 Å². The van der Waals surface area contributed by atoms with Crippen LogP contribution in [0, 0.1) is 0 Å². The Labute approximate surface area is 183 Å². The molecule has 1 saturated heterocycles. The average molecular weight is 442 g/mol. The highest BCUT2D eigenvalue weighted by Crippen LogP contribution is 2.31. The van der Waals surface area contributed by atoms with Crippen molar-refractivity contribution in [2.45, 2.75) is 19.4 Å². The van der Waals surface area contributed by atoms with Crippen LogP contribution in [0.15, 0.2) is 52.8 Å². The average Bonchev–Trinajstić information content (AvgIpc) is 3.37. The lowest BCUT2D eigenvalue weighted by atomic mass is 10.2. The molecule has 0 N–H and O–H groups in total. The molecule has 156 valence electrons. The summed E-state index contributed by atoms with van der Waals surface area (Å²) in [7, 11) is 0. The molecule has 8 heteroatoms. The lowest BCUT2D eigenvalue weighted by molar-refractivity contribution is 0.251. The third-order valence-corrected chi connectivity index (χ3v) is 7.02. The van der Waals surface area contributed by atoms with Crippen LogP contribution in [0.2, 0.25) is 5.02 Å². The minimum Gasteiger partial charge on any atom is -0.368 e. The van der Waals surface area contributed by atoms with Crippen molar-refractivity contribution in [3.05, 3.63) is 63.5 Å². The number of pyridine rings is 1. The number of fused-ring (bicyclic) bond motifs is 2. The van der Waals surface area contributed by atoms with E-state index in [1.165, 1.54) is 24.9 Å². The normalized spacial score (nSPS) is 15.4. The van der Waals surface area contributed by atoms with Gasteiger partial charge in [0.15, 0.2) is 5.65 Å². The number of aryl methyl sites for hydroxylation is 1. The first-order chi connectivity index (χ1) is 14.7. The Bertz CT molecular complexity index is 1220. The van der Waals surface area contributed by atoms with Crippen molar-refractivity contribution in [3.63, 3.8) is 0 Å². The third-order valence-electron chi connectivity index (χ3n) is 5.84. The molecule has 1 aliphatic heterocycles. The lowest BCUT2D eigenvalue weighted by Crippen LogP contribution is -2.46. The zero-order valence-electron chi connectivity index (χ0n) is 16.7. The van der Waals surface area contributed by atoms with E-state index in [9.17, 15) is 4.79 Å². The fourth-order valence-corrected chi connectivity index (χ4v) is 5.22. The van der Waals surface area contributed by atoms with E-state index in [1.807, 2.05) is 0 Å². The first-order valence-corrected chi connectivity index (χ1v) is 11.6. The predicted octanol–water partition coefficient (Wildman–Crippen LogP) is 3.97. The summed E-state index contributed by atoms with van der Waals surface area (Å²) in [6, 6.07) is 12.4. The number of anilines is 1. The largest absolute Gasteiger partial charge is 0.368 e. The lowest BCUT2D eigenvalue weighted by Gasteiger charge is -2.36. The van der Waals surface area contributed by atoms with Gasteiger partial charge in [0.05, 0.1) is 5.02 Å². The van der Waals surface area contributed by atoms with Crippen molar-refractivity contribution in [2.24, 2.45) is 0 Å². The number of rotatable bonds is 6. The van der Waals surface area contributed by atoms with Crippen LogP contribution in [0.5, 0.6) is 0 Å². The molecule has 0 spiro atoms. The van der Waals surface area contributed by atoms with Gasteiger partial charge in [-0.15, -0.1) is 16.4 Å². The van der Waals surface area contributed by atoms with Crippen molar-refractivity contribution >= 4 is 44.4 Å². The van der Waals surface area contributed by atoms with Crippen LogP contribution >= 0.6 is 22.9 Å². The zero-order chi connectivity index (χ0) is 20.5. The molecule has 0 unspecified atom stereocenters. The summed E-state index contributed by atoms with van der Waals surface area (Å²) < 4.78 is 4.40. The van der Waals surface area contributed by atoms with Crippen LogP contribution in [0.4, 0.5) is 5.69 Å². The zero-order valence-corrected chi connectivity index (χ0v) is 18.3. The fraction of sp³-hybridized carbons (Fsp3) is 0.364. The number of hydrogen-bond donors (Lipinski definition) is 0. The molecule has 0 atom stereocenters. The summed E-state index contributed by atoms with van der Waals surface area (Å²) in [4.78, 5) is 17.4. The van der Waals surface area contributed by atoms with E-state index in [2.05, 4.69) is 44.5 Å². The summed E-state index contributed by atoms with van der Waals surface area (Å²) in [5.74, 6) is 0. The first kappa shape index (κ1) is 19.6. The molecule has 1 aromatic carbocycles. The third kappa shape index (κ3) is 3.73. The highest BCUT2D eigenvalue weighted by molar-refractivity contribution is 7.17. The van der Waals surface area contributed by atoms with Gasteiger partial charge in [0, 0.05) is 54.7 Å². The molecular weight excluding hydrogens is 418 g/mol. The van der Waals surface area contributed by atoms with Gasteiger partial charge in [-0.2, -0.15) is 0 Å².